The van der Waals surface area contributed by atoms with Gasteiger partial charge < -0.3 is 0 Å². The minimum absolute atomic E-state index is 0.226. The highest BCUT2D eigenvalue weighted by Gasteiger charge is 2.43. The van der Waals surface area contributed by atoms with Crippen molar-refractivity contribution < 1.29 is 14.2 Å². The van der Waals surface area contributed by atoms with E-state index >= 15 is 0 Å². The average molecular weight is 355 g/mol. The first kappa shape index (κ1) is 19.2. The molecule has 130 valence electrons. The van der Waals surface area contributed by atoms with Crippen LogP contribution in [-0.4, -0.2) is 17.0 Å². The summed E-state index contributed by atoms with van der Waals surface area (Å²) in [7, 11) is -2.35. The summed E-state index contributed by atoms with van der Waals surface area (Å²) in [5.41, 5.74) is 4.14. The molecule has 0 aliphatic heterocycles. The molecule has 0 radical (unpaired) electrons. The van der Waals surface area contributed by atoms with Crippen LogP contribution in [0.3, 0.4) is 0 Å². The topological polar surface area (TPSA) is 51.2 Å². The zero-order chi connectivity index (χ0) is 18.9. The van der Waals surface area contributed by atoms with Crippen molar-refractivity contribution >= 4 is 19.1 Å². The van der Waals surface area contributed by atoms with E-state index in [2.05, 4.69) is 0 Å². The van der Waals surface area contributed by atoms with E-state index in [1.807, 2.05) is 65.0 Å². The zero-order valence-electron chi connectivity index (χ0n) is 15.6. The molecule has 0 saturated carbocycles. The predicted octanol–water partition coefficient (Wildman–Crippen LogP) is 5.47. The molecule has 0 N–H and O–H groups in total. The van der Waals surface area contributed by atoms with E-state index in [1.165, 1.54) is 0 Å². The number of ketones is 1. The first-order chi connectivity index (χ1) is 11.6. The van der Waals surface area contributed by atoms with Crippen molar-refractivity contribution in [1.29, 1.82) is 0 Å². The van der Waals surface area contributed by atoms with Gasteiger partial charge in [-0.3, -0.25) is 4.79 Å². The molecule has 25 heavy (non-hydrogen) atoms. The molecule has 0 spiro atoms. The molecule has 2 unspecified atom stereocenters. The quantitative estimate of drug-likeness (QED) is 0.528. The third-order valence-corrected chi connectivity index (χ3v) is 6.11. The Morgan fingerprint density at radius 2 is 1.32 bits per heavy atom. The predicted molar refractivity (Wildman–Crippen MR) is 102 cm³/mol. The van der Waals surface area contributed by atoms with E-state index in [4.69, 9.17) is 0 Å². The van der Waals surface area contributed by atoms with Gasteiger partial charge >= 0.3 is 13.3 Å². The first-order valence-corrected chi connectivity index (χ1v) is 9.67. The highest BCUT2D eigenvalue weighted by molar-refractivity contribution is 7.66. The van der Waals surface area contributed by atoms with Crippen LogP contribution in [0.4, 0.5) is 0 Å². The largest absolute Gasteiger partial charge is 0.431 e. The fourth-order valence-corrected chi connectivity index (χ4v) is 4.59. The Morgan fingerprint density at radius 1 is 0.840 bits per heavy atom. The maximum atomic E-state index is 12.9. The van der Waals surface area contributed by atoms with Gasteiger partial charge in [-0.15, -0.1) is 0 Å². The van der Waals surface area contributed by atoms with Crippen LogP contribution in [0.15, 0.2) is 30.3 Å². The number of carbonyl (C=O) groups is 2. The lowest BCUT2D eigenvalue weighted by Gasteiger charge is -2.10. The molecule has 4 heteroatoms. The number of aryl methyl sites for hydroxylation is 5. The van der Waals surface area contributed by atoms with Gasteiger partial charge in [-0.25, -0.2) is 4.79 Å². The second-order valence-electron chi connectivity index (χ2n) is 6.71. The molecule has 0 saturated heterocycles. The molecule has 0 aliphatic carbocycles. The Balaban J connectivity index is 2.37. The van der Waals surface area contributed by atoms with Crippen LogP contribution >= 0.6 is 7.80 Å². The van der Waals surface area contributed by atoms with Crippen molar-refractivity contribution in [2.45, 2.75) is 47.2 Å². The summed E-state index contributed by atoms with van der Waals surface area (Å²) in [6, 6.07) is 9.39. The normalized spacial score (nSPS) is 12.6. The second kappa shape index (κ2) is 7.41. The molecule has 2 aromatic rings. The van der Waals surface area contributed by atoms with E-state index in [1.54, 1.807) is 6.92 Å². The smallest absolute Gasteiger partial charge is 0.289 e. The second-order valence-corrected chi connectivity index (χ2v) is 8.54. The summed E-state index contributed by atoms with van der Waals surface area (Å²) < 4.78 is 12.8. The zero-order valence-corrected chi connectivity index (χ0v) is 16.5. The van der Waals surface area contributed by atoms with Gasteiger partial charge in [0.1, 0.15) is 0 Å². The van der Waals surface area contributed by atoms with Crippen molar-refractivity contribution in [3.63, 3.8) is 0 Å². The molecule has 2 rings (SSSR count). The van der Waals surface area contributed by atoms with Gasteiger partial charge in [-0.2, -0.15) is 0 Å². The van der Waals surface area contributed by atoms with Gasteiger partial charge in [-0.1, -0.05) is 40.5 Å². The SMILES string of the molecule is Cc1cc(C)c(C(=O)C(C)[P+](=O)C(=O)c2c(C)cccc2C)c(C)c1. The first-order valence-electron chi connectivity index (χ1n) is 8.34. The molecule has 0 fully saturated rings. The van der Waals surface area contributed by atoms with E-state index in [0.29, 0.717) is 11.1 Å². The number of carbonyl (C=O) groups excluding carboxylic acids is 2. The third kappa shape index (κ3) is 3.77. The fourth-order valence-electron chi connectivity index (χ4n) is 3.32. The van der Waals surface area contributed by atoms with Crippen molar-refractivity contribution in [3.05, 3.63) is 69.3 Å². The summed E-state index contributed by atoms with van der Waals surface area (Å²) in [6.45, 7) is 11.0. The Labute approximate surface area is 150 Å². The lowest BCUT2D eigenvalue weighted by molar-refractivity contribution is 0.0981. The molecular formula is C21H24O3P+. The summed E-state index contributed by atoms with van der Waals surface area (Å²) in [6.07, 6.45) is 0. The highest BCUT2D eigenvalue weighted by atomic mass is 31.1. The average Bonchev–Trinajstić information content (AvgIpc) is 2.52. The van der Waals surface area contributed by atoms with E-state index < -0.39 is 19.0 Å². The summed E-state index contributed by atoms with van der Waals surface area (Å²) >= 11 is 0. The van der Waals surface area contributed by atoms with Crippen LogP contribution in [0.2, 0.25) is 0 Å². The Morgan fingerprint density at radius 3 is 1.80 bits per heavy atom. The lowest BCUT2D eigenvalue weighted by Crippen LogP contribution is -2.19. The molecule has 0 heterocycles. The lowest BCUT2D eigenvalue weighted by atomic mass is 9.95. The minimum atomic E-state index is -2.35. The maximum Gasteiger partial charge on any atom is 0.431 e. The maximum absolute atomic E-state index is 12.9. The fraction of sp³-hybridized carbons (Fsp3) is 0.333. The van der Waals surface area contributed by atoms with Gasteiger partial charge in [0.2, 0.25) is 11.4 Å². The van der Waals surface area contributed by atoms with Crippen LogP contribution in [-0.2, 0) is 4.57 Å². The van der Waals surface area contributed by atoms with E-state index in [-0.39, 0.29) is 5.78 Å². The molecule has 3 nitrogen and oxygen atoms in total. The van der Waals surface area contributed by atoms with Crippen molar-refractivity contribution in [2.24, 2.45) is 0 Å². The molecule has 0 aliphatic rings. The van der Waals surface area contributed by atoms with Crippen molar-refractivity contribution in [1.82, 2.24) is 0 Å². The molecule has 0 amide bonds. The van der Waals surface area contributed by atoms with Gasteiger partial charge in [0, 0.05) is 5.56 Å². The van der Waals surface area contributed by atoms with Crippen molar-refractivity contribution in [2.75, 3.05) is 0 Å². The Bertz CT molecular complexity index is 837. The van der Waals surface area contributed by atoms with Crippen molar-refractivity contribution in [3.8, 4) is 0 Å². The Kier molecular flexibility index (Phi) is 5.69. The standard InChI is InChI=1S/C21H24O3P/c1-12-10-15(4)18(16(5)11-12)20(22)17(6)25(24)21(23)19-13(2)8-7-9-14(19)3/h7-11,17H,1-6H3/q+1. The Hall–Kier alpha value is -2.12. The molecular weight excluding hydrogens is 331 g/mol. The third-order valence-electron chi connectivity index (χ3n) is 4.55. The van der Waals surface area contributed by atoms with Crippen LogP contribution in [0.1, 0.15) is 55.5 Å². The number of rotatable bonds is 5. The highest BCUT2D eigenvalue weighted by Crippen LogP contribution is 2.37. The van der Waals surface area contributed by atoms with Crippen LogP contribution in [0, 0.1) is 34.6 Å². The van der Waals surface area contributed by atoms with E-state index in [9.17, 15) is 14.2 Å². The minimum Gasteiger partial charge on any atom is -0.289 e. The molecule has 0 bridgehead atoms. The van der Waals surface area contributed by atoms with Crippen LogP contribution in [0.5, 0.6) is 0 Å². The summed E-state index contributed by atoms with van der Waals surface area (Å²) in [5, 5.41) is 0. The van der Waals surface area contributed by atoms with Gasteiger partial charge in [0.25, 0.3) is 0 Å². The number of Topliss-reactive ketones (excluding diaryl/α,β-unsaturated/α-hetero) is 1. The molecule has 0 aromatic heterocycles. The van der Waals surface area contributed by atoms with Gasteiger partial charge in [0.05, 0.1) is 5.56 Å². The number of hydrogen-bond acceptors (Lipinski definition) is 3. The van der Waals surface area contributed by atoms with Crippen LogP contribution < -0.4 is 0 Å². The molecule has 2 atom stereocenters. The van der Waals surface area contributed by atoms with Gasteiger partial charge in [-0.05, 0) is 63.8 Å². The van der Waals surface area contributed by atoms with Crippen LogP contribution in [0.25, 0.3) is 0 Å². The van der Waals surface area contributed by atoms with Gasteiger partial charge in [0.15, 0.2) is 0 Å². The molecule has 2 aromatic carbocycles. The summed E-state index contributed by atoms with van der Waals surface area (Å²) in [4.78, 5) is 25.7. The number of hydrogen-bond donors (Lipinski definition) is 0. The summed E-state index contributed by atoms with van der Waals surface area (Å²) in [5.74, 6) is -0.226. The monoisotopic (exact) mass is 355 g/mol. The number of benzene rings is 2. The van der Waals surface area contributed by atoms with E-state index in [0.717, 1.165) is 27.8 Å².